The summed E-state index contributed by atoms with van der Waals surface area (Å²) in [6.07, 6.45) is 2.97. The molecule has 0 spiro atoms. The SMILES string of the molecule is CCC1(C)C(=O)NC(c2ccccc2)C(=O)N1CC1CC1. The molecule has 21 heavy (non-hydrogen) atoms. The van der Waals surface area contributed by atoms with E-state index in [4.69, 9.17) is 0 Å². The number of nitrogens with one attached hydrogen (secondary N) is 1. The van der Waals surface area contributed by atoms with Gasteiger partial charge >= 0.3 is 0 Å². The Hall–Kier alpha value is -1.84. The Balaban J connectivity index is 1.92. The first-order valence-corrected chi connectivity index (χ1v) is 7.73. The summed E-state index contributed by atoms with van der Waals surface area (Å²) in [6, 6.07) is 8.95. The number of benzene rings is 1. The van der Waals surface area contributed by atoms with E-state index in [0.717, 1.165) is 5.56 Å². The Kier molecular flexibility index (Phi) is 3.47. The number of carbonyl (C=O) groups is 2. The van der Waals surface area contributed by atoms with Gasteiger partial charge in [-0.05, 0) is 37.7 Å². The molecule has 1 saturated heterocycles. The highest BCUT2D eigenvalue weighted by Gasteiger charge is 2.49. The van der Waals surface area contributed by atoms with Crippen molar-refractivity contribution in [2.24, 2.45) is 5.92 Å². The van der Waals surface area contributed by atoms with Gasteiger partial charge in [-0.3, -0.25) is 9.59 Å². The van der Waals surface area contributed by atoms with Crippen LogP contribution in [0.4, 0.5) is 0 Å². The summed E-state index contributed by atoms with van der Waals surface area (Å²) in [4.78, 5) is 27.3. The van der Waals surface area contributed by atoms with Gasteiger partial charge in [0, 0.05) is 6.54 Å². The second-order valence-corrected chi connectivity index (χ2v) is 6.34. The van der Waals surface area contributed by atoms with Gasteiger partial charge in [0.05, 0.1) is 0 Å². The second-order valence-electron chi connectivity index (χ2n) is 6.34. The molecule has 1 aliphatic carbocycles. The molecule has 2 amide bonds. The molecule has 1 heterocycles. The van der Waals surface area contributed by atoms with Gasteiger partial charge in [-0.25, -0.2) is 0 Å². The Morgan fingerprint density at radius 1 is 1.24 bits per heavy atom. The van der Waals surface area contributed by atoms with Crippen LogP contribution in [0, 0.1) is 5.92 Å². The third-order valence-electron chi connectivity index (χ3n) is 4.83. The summed E-state index contributed by atoms with van der Waals surface area (Å²) < 4.78 is 0. The lowest BCUT2D eigenvalue weighted by Crippen LogP contribution is -2.66. The van der Waals surface area contributed by atoms with Crippen LogP contribution in [0.2, 0.25) is 0 Å². The molecule has 1 N–H and O–H groups in total. The van der Waals surface area contributed by atoms with Crippen molar-refractivity contribution in [3.8, 4) is 0 Å². The zero-order valence-corrected chi connectivity index (χ0v) is 12.6. The normalized spacial score (nSPS) is 29.4. The number of nitrogens with zero attached hydrogens (tertiary/aromatic N) is 1. The first-order valence-electron chi connectivity index (χ1n) is 7.73. The van der Waals surface area contributed by atoms with Crippen molar-refractivity contribution >= 4 is 11.8 Å². The molecular formula is C17H22N2O2. The number of rotatable bonds is 4. The van der Waals surface area contributed by atoms with Crippen molar-refractivity contribution in [2.75, 3.05) is 6.54 Å². The Labute approximate surface area is 125 Å². The number of hydrogen-bond donors (Lipinski definition) is 1. The fourth-order valence-corrected chi connectivity index (χ4v) is 2.94. The summed E-state index contributed by atoms with van der Waals surface area (Å²) in [5.41, 5.74) is 0.139. The van der Waals surface area contributed by atoms with Crippen LogP contribution in [-0.2, 0) is 9.59 Å². The largest absolute Gasteiger partial charge is 0.338 e. The van der Waals surface area contributed by atoms with Gasteiger partial charge in [0.25, 0.3) is 5.91 Å². The van der Waals surface area contributed by atoms with Crippen molar-refractivity contribution in [1.29, 1.82) is 0 Å². The van der Waals surface area contributed by atoms with Crippen LogP contribution >= 0.6 is 0 Å². The summed E-state index contributed by atoms with van der Waals surface area (Å²) >= 11 is 0. The topological polar surface area (TPSA) is 49.4 Å². The molecule has 1 aliphatic heterocycles. The highest BCUT2D eigenvalue weighted by Crippen LogP contribution is 2.36. The zero-order chi connectivity index (χ0) is 15.0. The van der Waals surface area contributed by atoms with E-state index in [1.54, 1.807) is 0 Å². The van der Waals surface area contributed by atoms with Gasteiger partial charge in [0.1, 0.15) is 11.6 Å². The lowest BCUT2D eigenvalue weighted by molar-refractivity contribution is -0.157. The third-order valence-corrected chi connectivity index (χ3v) is 4.83. The molecule has 2 atom stereocenters. The van der Waals surface area contributed by atoms with E-state index in [-0.39, 0.29) is 11.8 Å². The van der Waals surface area contributed by atoms with Crippen molar-refractivity contribution in [2.45, 2.75) is 44.7 Å². The van der Waals surface area contributed by atoms with Crippen molar-refractivity contribution < 1.29 is 9.59 Å². The molecule has 4 heteroatoms. The maximum absolute atomic E-state index is 12.9. The highest BCUT2D eigenvalue weighted by atomic mass is 16.2. The fourth-order valence-electron chi connectivity index (χ4n) is 2.94. The van der Waals surface area contributed by atoms with Crippen LogP contribution in [-0.4, -0.2) is 28.8 Å². The Bertz CT molecular complexity index is 553. The maximum atomic E-state index is 12.9. The average molecular weight is 286 g/mol. The summed E-state index contributed by atoms with van der Waals surface area (Å²) in [7, 11) is 0. The molecule has 1 aromatic carbocycles. The van der Waals surface area contributed by atoms with Gasteiger partial charge in [-0.2, -0.15) is 0 Å². The van der Waals surface area contributed by atoms with Gasteiger partial charge < -0.3 is 10.2 Å². The molecule has 2 unspecified atom stereocenters. The predicted octanol–water partition coefficient (Wildman–Crippen LogP) is 2.26. The minimum absolute atomic E-state index is 0.0250. The molecule has 112 valence electrons. The second kappa shape index (κ2) is 5.17. The zero-order valence-electron chi connectivity index (χ0n) is 12.6. The molecule has 0 aromatic heterocycles. The molecule has 3 rings (SSSR count). The Morgan fingerprint density at radius 2 is 1.90 bits per heavy atom. The standard InChI is InChI=1S/C17H22N2O2/c1-3-17(2)16(21)18-14(13-7-5-4-6-8-13)15(20)19(17)11-12-9-10-12/h4-8,12,14H,3,9-11H2,1-2H3,(H,18,21). The van der Waals surface area contributed by atoms with Crippen LogP contribution < -0.4 is 5.32 Å². The average Bonchev–Trinajstić information content (AvgIpc) is 3.32. The molecule has 1 aromatic rings. The number of piperazine rings is 1. The van der Waals surface area contributed by atoms with Crippen LogP contribution in [0.25, 0.3) is 0 Å². The summed E-state index contributed by atoms with van der Waals surface area (Å²) in [5, 5.41) is 2.92. The van der Waals surface area contributed by atoms with Crippen LogP contribution in [0.3, 0.4) is 0 Å². The highest BCUT2D eigenvalue weighted by molar-refractivity contribution is 6.00. The first-order chi connectivity index (χ1) is 10.1. The maximum Gasteiger partial charge on any atom is 0.250 e. The molecule has 0 bridgehead atoms. The first kappa shape index (κ1) is 14.1. The monoisotopic (exact) mass is 286 g/mol. The van der Waals surface area contributed by atoms with E-state index < -0.39 is 11.6 Å². The lowest BCUT2D eigenvalue weighted by Gasteiger charge is -2.46. The molecule has 1 saturated carbocycles. The molecule has 0 radical (unpaired) electrons. The van der Waals surface area contributed by atoms with Gasteiger partial charge in [0.15, 0.2) is 0 Å². The van der Waals surface area contributed by atoms with Gasteiger partial charge in [-0.1, -0.05) is 37.3 Å². The van der Waals surface area contributed by atoms with Crippen LogP contribution in [0.15, 0.2) is 30.3 Å². The smallest absolute Gasteiger partial charge is 0.250 e. The molecule has 2 fully saturated rings. The lowest BCUT2D eigenvalue weighted by atomic mass is 9.88. The van der Waals surface area contributed by atoms with Gasteiger partial charge in [0.2, 0.25) is 5.91 Å². The van der Waals surface area contributed by atoms with E-state index in [0.29, 0.717) is 18.9 Å². The minimum atomic E-state index is -0.717. The third kappa shape index (κ3) is 2.43. The number of amides is 2. The van der Waals surface area contributed by atoms with E-state index in [9.17, 15) is 9.59 Å². The summed E-state index contributed by atoms with van der Waals surface area (Å²) in [5.74, 6) is 0.554. The number of carbonyl (C=O) groups excluding carboxylic acids is 2. The minimum Gasteiger partial charge on any atom is -0.338 e. The number of hydrogen-bond acceptors (Lipinski definition) is 2. The molecular weight excluding hydrogens is 264 g/mol. The molecule has 2 aliphatic rings. The predicted molar refractivity (Wildman–Crippen MR) is 80.5 cm³/mol. The van der Waals surface area contributed by atoms with Crippen molar-refractivity contribution in [3.63, 3.8) is 0 Å². The van der Waals surface area contributed by atoms with E-state index in [1.165, 1.54) is 12.8 Å². The van der Waals surface area contributed by atoms with E-state index in [1.807, 2.05) is 49.1 Å². The van der Waals surface area contributed by atoms with Crippen molar-refractivity contribution in [1.82, 2.24) is 10.2 Å². The van der Waals surface area contributed by atoms with Crippen LogP contribution in [0.1, 0.15) is 44.7 Å². The van der Waals surface area contributed by atoms with Gasteiger partial charge in [-0.15, -0.1) is 0 Å². The van der Waals surface area contributed by atoms with E-state index >= 15 is 0 Å². The Morgan fingerprint density at radius 3 is 2.48 bits per heavy atom. The fraction of sp³-hybridized carbons (Fsp3) is 0.529. The van der Waals surface area contributed by atoms with E-state index in [2.05, 4.69) is 5.32 Å². The van der Waals surface area contributed by atoms with Crippen molar-refractivity contribution in [3.05, 3.63) is 35.9 Å². The molecule has 4 nitrogen and oxygen atoms in total. The van der Waals surface area contributed by atoms with Crippen LogP contribution in [0.5, 0.6) is 0 Å². The summed E-state index contributed by atoms with van der Waals surface area (Å²) in [6.45, 7) is 4.55. The quantitative estimate of drug-likeness (QED) is 0.923.